The van der Waals surface area contributed by atoms with Gasteiger partial charge in [-0.3, -0.25) is 4.79 Å². The van der Waals surface area contributed by atoms with Crippen LogP contribution in [0.3, 0.4) is 0 Å². The van der Waals surface area contributed by atoms with Gasteiger partial charge in [-0.05, 0) is 24.3 Å². The molecule has 1 N–H and O–H groups in total. The standard InChI is InChI=1S/C14H15NO3S/c1-17-10-4-6-13(18-2)11(7-10)12-5-3-9(8-19)14(16)15-12/h3-7,19H,8H2,1-2H3,(H,15,16). The Hall–Kier alpha value is -1.88. The molecular formula is C14H15NO3S. The van der Waals surface area contributed by atoms with Gasteiger partial charge in [-0.15, -0.1) is 0 Å². The summed E-state index contributed by atoms with van der Waals surface area (Å²) in [6.07, 6.45) is 0. The predicted molar refractivity (Wildman–Crippen MR) is 78.3 cm³/mol. The lowest BCUT2D eigenvalue weighted by atomic mass is 10.1. The molecule has 1 aromatic heterocycles. The minimum Gasteiger partial charge on any atom is -0.497 e. The number of thiol groups is 1. The lowest BCUT2D eigenvalue weighted by Gasteiger charge is -2.10. The van der Waals surface area contributed by atoms with Gasteiger partial charge in [0.05, 0.1) is 19.9 Å². The zero-order valence-corrected chi connectivity index (χ0v) is 11.7. The second-order valence-electron chi connectivity index (χ2n) is 3.95. The Bertz CT molecular complexity index is 637. The molecule has 0 amide bonds. The maximum absolute atomic E-state index is 11.8. The summed E-state index contributed by atoms with van der Waals surface area (Å²) >= 11 is 4.11. The monoisotopic (exact) mass is 277 g/mol. The summed E-state index contributed by atoms with van der Waals surface area (Å²) in [5.41, 5.74) is 1.96. The summed E-state index contributed by atoms with van der Waals surface area (Å²) in [7, 11) is 3.18. The van der Waals surface area contributed by atoms with E-state index in [0.29, 0.717) is 28.5 Å². The number of methoxy groups -OCH3 is 2. The third-order valence-electron chi connectivity index (χ3n) is 2.86. The number of nitrogens with one attached hydrogen (secondary N) is 1. The Morgan fingerprint density at radius 1 is 1.16 bits per heavy atom. The van der Waals surface area contributed by atoms with Crippen molar-refractivity contribution in [1.29, 1.82) is 0 Å². The zero-order valence-electron chi connectivity index (χ0n) is 10.8. The number of hydrogen-bond donors (Lipinski definition) is 2. The summed E-state index contributed by atoms with van der Waals surface area (Å²) in [5, 5.41) is 0. The lowest BCUT2D eigenvalue weighted by Crippen LogP contribution is -2.11. The Morgan fingerprint density at radius 3 is 2.53 bits per heavy atom. The molecule has 100 valence electrons. The molecule has 0 bridgehead atoms. The Labute approximate surface area is 116 Å². The highest BCUT2D eigenvalue weighted by Crippen LogP contribution is 2.31. The summed E-state index contributed by atoms with van der Waals surface area (Å²) < 4.78 is 10.5. The summed E-state index contributed by atoms with van der Waals surface area (Å²) in [6.45, 7) is 0. The first-order valence-electron chi connectivity index (χ1n) is 5.75. The fourth-order valence-corrected chi connectivity index (χ4v) is 2.06. The summed E-state index contributed by atoms with van der Waals surface area (Å²) in [5.74, 6) is 1.79. The van der Waals surface area contributed by atoms with Crippen LogP contribution in [0.4, 0.5) is 0 Å². The second-order valence-corrected chi connectivity index (χ2v) is 4.27. The van der Waals surface area contributed by atoms with Crippen LogP contribution in [-0.4, -0.2) is 19.2 Å². The molecule has 0 aliphatic carbocycles. The number of H-pyrrole nitrogens is 1. The molecule has 0 unspecified atom stereocenters. The van der Waals surface area contributed by atoms with E-state index in [0.717, 1.165) is 5.56 Å². The van der Waals surface area contributed by atoms with E-state index in [2.05, 4.69) is 17.6 Å². The number of aromatic nitrogens is 1. The smallest absolute Gasteiger partial charge is 0.252 e. The maximum atomic E-state index is 11.8. The first-order valence-corrected chi connectivity index (χ1v) is 6.38. The van der Waals surface area contributed by atoms with Crippen molar-refractivity contribution in [2.45, 2.75) is 5.75 Å². The van der Waals surface area contributed by atoms with Crippen molar-refractivity contribution in [2.75, 3.05) is 14.2 Å². The predicted octanol–water partition coefficient (Wildman–Crippen LogP) is 2.49. The van der Waals surface area contributed by atoms with E-state index < -0.39 is 0 Å². The van der Waals surface area contributed by atoms with E-state index in [1.807, 2.05) is 18.2 Å². The molecule has 0 aliphatic rings. The van der Waals surface area contributed by atoms with E-state index in [-0.39, 0.29) is 5.56 Å². The highest BCUT2D eigenvalue weighted by atomic mass is 32.1. The van der Waals surface area contributed by atoms with Crippen LogP contribution in [0.25, 0.3) is 11.3 Å². The maximum Gasteiger partial charge on any atom is 0.252 e. The van der Waals surface area contributed by atoms with E-state index in [1.54, 1.807) is 26.4 Å². The molecule has 0 aliphatic heterocycles. The minimum absolute atomic E-state index is 0.141. The van der Waals surface area contributed by atoms with Crippen LogP contribution in [0, 0.1) is 0 Å². The van der Waals surface area contributed by atoms with E-state index in [4.69, 9.17) is 9.47 Å². The van der Waals surface area contributed by atoms with Crippen LogP contribution in [0.5, 0.6) is 11.5 Å². The SMILES string of the molecule is COc1ccc(OC)c(-c2ccc(CS)c(=O)[nH]2)c1. The van der Waals surface area contributed by atoms with Gasteiger partial charge in [0, 0.05) is 16.9 Å². The van der Waals surface area contributed by atoms with Crippen molar-refractivity contribution in [3.8, 4) is 22.8 Å². The van der Waals surface area contributed by atoms with Crippen molar-refractivity contribution in [3.05, 3.63) is 46.2 Å². The molecule has 0 atom stereocenters. The van der Waals surface area contributed by atoms with Crippen LogP contribution in [0.15, 0.2) is 35.1 Å². The molecule has 5 heteroatoms. The van der Waals surface area contributed by atoms with Gasteiger partial charge in [0.15, 0.2) is 0 Å². The first kappa shape index (κ1) is 13.5. The molecule has 1 aromatic carbocycles. The van der Waals surface area contributed by atoms with Gasteiger partial charge in [0.25, 0.3) is 5.56 Å². The third kappa shape index (κ3) is 2.76. The fraction of sp³-hybridized carbons (Fsp3) is 0.214. The van der Waals surface area contributed by atoms with Crippen molar-refractivity contribution >= 4 is 12.6 Å². The molecule has 0 spiro atoms. The van der Waals surface area contributed by atoms with Gasteiger partial charge < -0.3 is 14.5 Å². The number of benzene rings is 1. The Morgan fingerprint density at radius 2 is 1.95 bits per heavy atom. The topological polar surface area (TPSA) is 51.3 Å². The molecular weight excluding hydrogens is 262 g/mol. The van der Waals surface area contributed by atoms with Gasteiger partial charge in [-0.1, -0.05) is 6.07 Å². The Balaban J connectivity index is 2.56. The van der Waals surface area contributed by atoms with E-state index in [9.17, 15) is 4.79 Å². The minimum atomic E-state index is -0.141. The highest BCUT2D eigenvalue weighted by molar-refractivity contribution is 7.79. The largest absolute Gasteiger partial charge is 0.497 e. The molecule has 4 nitrogen and oxygen atoms in total. The van der Waals surface area contributed by atoms with Gasteiger partial charge in [-0.25, -0.2) is 0 Å². The lowest BCUT2D eigenvalue weighted by molar-refractivity contribution is 0.404. The van der Waals surface area contributed by atoms with Gasteiger partial charge >= 0.3 is 0 Å². The molecule has 0 fully saturated rings. The van der Waals surface area contributed by atoms with Crippen LogP contribution in [-0.2, 0) is 5.75 Å². The first-order chi connectivity index (χ1) is 9.19. The zero-order chi connectivity index (χ0) is 13.8. The average molecular weight is 277 g/mol. The van der Waals surface area contributed by atoms with E-state index in [1.165, 1.54) is 0 Å². The summed E-state index contributed by atoms with van der Waals surface area (Å²) in [4.78, 5) is 14.7. The molecule has 1 heterocycles. The van der Waals surface area contributed by atoms with Crippen molar-refractivity contribution < 1.29 is 9.47 Å². The van der Waals surface area contributed by atoms with Crippen molar-refractivity contribution in [2.24, 2.45) is 0 Å². The molecule has 2 aromatic rings. The van der Waals surface area contributed by atoms with Crippen molar-refractivity contribution in [1.82, 2.24) is 4.98 Å². The van der Waals surface area contributed by atoms with Crippen LogP contribution < -0.4 is 15.0 Å². The van der Waals surface area contributed by atoms with Gasteiger partial charge in [0.2, 0.25) is 0 Å². The number of hydrogen-bond acceptors (Lipinski definition) is 4. The van der Waals surface area contributed by atoms with Crippen molar-refractivity contribution in [3.63, 3.8) is 0 Å². The number of pyridine rings is 1. The number of aromatic amines is 1. The molecule has 2 rings (SSSR count). The van der Waals surface area contributed by atoms with Gasteiger partial charge in [-0.2, -0.15) is 12.6 Å². The molecule has 0 saturated carbocycles. The fourth-order valence-electron chi connectivity index (χ4n) is 1.81. The quantitative estimate of drug-likeness (QED) is 0.844. The molecule has 19 heavy (non-hydrogen) atoms. The van der Waals surface area contributed by atoms with Crippen LogP contribution >= 0.6 is 12.6 Å². The second kappa shape index (κ2) is 5.84. The van der Waals surface area contributed by atoms with E-state index >= 15 is 0 Å². The van der Waals surface area contributed by atoms with Crippen LogP contribution in [0.1, 0.15) is 5.56 Å². The highest BCUT2D eigenvalue weighted by Gasteiger charge is 2.09. The summed E-state index contributed by atoms with van der Waals surface area (Å²) in [6, 6.07) is 9.04. The third-order valence-corrected chi connectivity index (χ3v) is 3.20. The molecule has 0 radical (unpaired) electrons. The number of ether oxygens (including phenoxy) is 2. The van der Waals surface area contributed by atoms with Gasteiger partial charge in [0.1, 0.15) is 11.5 Å². The Kier molecular flexibility index (Phi) is 4.16. The normalized spacial score (nSPS) is 10.3. The average Bonchev–Trinajstić information content (AvgIpc) is 2.46. The molecule has 0 saturated heterocycles. The van der Waals surface area contributed by atoms with Crippen LogP contribution in [0.2, 0.25) is 0 Å². The number of rotatable bonds is 4.